The quantitative estimate of drug-likeness (QED) is 0.742. The normalized spacial score (nSPS) is 15.0. The van der Waals surface area contributed by atoms with Gasteiger partial charge in [-0.05, 0) is 18.2 Å². The third-order valence-electron chi connectivity index (χ3n) is 2.96. The first-order valence-electron chi connectivity index (χ1n) is 5.36. The monoisotopic (exact) mass is 292 g/mol. The van der Waals surface area contributed by atoms with E-state index in [0.717, 1.165) is 4.47 Å². The standard InChI is InChI=1S/C12H9BrN2O2/c13-7-1-3-9-10(5-7)14-11-4-2-8(16)6-15(11)12(9)17/h1,3,5H,2,4,6H2. The molecule has 4 nitrogen and oxygen atoms in total. The minimum Gasteiger partial charge on any atom is -0.298 e. The Morgan fingerprint density at radius 1 is 1.24 bits per heavy atom. The van der Waals surface area contributed by atoms with Crippen molar-refractivity contribution < 1.29 is 4.79 Å². The number of Topliss-reactive ketones (excluding diaryl/α,β-unsaturated/α-hetero) is 1. The van der Waals surface area contributed by atoms with E-state index in [1.807, 2.05) is 12.1 Å². The number of halogens is 1. The molecule has 0 radical (unpaired) electrons. The van der Waals surface area contributed by atoms with Crippen LogP contribution in [0.1, 0.15) is 12.2 Å². The van der Waals surface area contributed by atoms with Crippen LogP contribution in [0, 0.1) is 0 Å². The number of fused-ring (bicyclic) bond motifs is 2. The van der Waals surface area contributed by atoms with Crippen LogP contribution in [0.5, 0.6) is 0 Å². The van der Waals surface area contributed by atoms with Gasteiger partial charge in [0.2, 0.25) is 0 Å². The summed E-state index contributed by atoms with van der Waals surface area (Å²) in [4.78, 5) is 28.0. The number of benzene rings is 1. The van der Waals surface area contributed by atoms with Gasteiger partial charge in [0.1, 0.15) is 5.82 Å². The molecule has 0 spiro atoms. The number of hydrogen-bond donors (Lipinski definition) is 0. The van der Waals surface area contributed by atoms with Crippen LogP contribution in [-0.2, 0) is 17.8 Å². The molecule has 5 heteroatoms. The maximum absolute atomic E-state index is 12.2. The summed E-state index contributed by atoms with van der Waals surface area (Å²) in [7, 11) is 0. The van der Waals surface area contributed by atoms with Gasteiger partial charge in [-0.3, -0.25) is 14.2 Å². The van der Waals surface area contributed by atoms with Gasteiger partial charge in [-0.1, -0.05) is 15.9 Å². The molecular formula is C12H9BrN2O2. The molecule has 0 fully saturated rings. The minimum absolute atomic E-state index is 0.0952. The van der Waals surface area contributed by atoms with Crippen molar-refractivity contribution in [2.75, 3.05) is 0 Å². The van der Waals surface area contributed by atoms with Gasteiger partial charge in [0.25, 0.3) is 5.56 Å². The third kappa shape index (κ3) is 1.70. The van der Waals surface area contributed by atoms with E-state index in [1.165, 1.54) is 4.57 Å². The fraction of sp³-hybridized carbons (Fsp3) is 0.250. The number of aryl methyl sites for hydroxylation is 1. The van der Waals surface area contributed by atoms with Gasteiger partial charge in [-0.15, -0.1) is 0 Å². The highest BCUT2D eigenvalue weighted by Gasteiger charge is 2.19. The van der Waals surface area contributed by atoms with Gasteiger partial charge >= 0.3 is 0 Å². The highest BCUT2D eigenvalue weighted by atomic mass is 79.9. The van der Waals surface area contributed by atoms with E-state index in [-0.39, 0.29) is 17.9 Å². The first-order chi connectivity index (χ1) is 8.15. The van der Waals surface area contributed by atoms with Crippen molar-refractivity contribution in [1.29, 1.82) is 0 Å². The second-order valence-corrected chi connectivity index (χ2v) is 5.04. The molecule has 17 heavy (non-hydrogen) atoms. The molecule has 0 bridgehead atoms. The van der Waals surface area contributed by atoms with E-state index < -0.39 is 0 Å². The van der Waals surface area contributed by atoms with Crippen LogP contribution >= 0.6 is 15.9 Å². The molecule has 3 rings (SSSR count). The van der Waals surface area contributed by atoms with Gasteiger partial charge in [-0.2, -0.15) is 0 Å². The maximum Gasteiger partial charge on any atom is 0.261 e. The molecule has 2 aromatic rings. The van der Waals surface area contributed by atoms with Crippen LogP contribution in [-0.4, -0.2) is 15.3 Å². The van der Waals surface area contributed by atoms with Gasteiger partial charge < -0.3 is 0 Å². The van der Waals surface area contributed by atoms with Crippen LogP contribution in [0.3, 0.4) is 0 Å². The Balaban J connectivity index is 2.36. The molecule has 0 amide bonds. The molecule has 86 valence electrons. The molecule has 0 unspecified atom stereocenters. The summed E-state index contributed by atoms with van der Waals surface area (Å²) in [5.74, 6) is 0.804. The van der Waals surface area contributed by atoms with Crippen molar-refractivity contribution in [3.63, 3.8) is 0 Å². The average Bonchev–Trinajstić information content (AvgIpc) is 2.30. The average molecular weight is 293 g/mol. The van der Waals surface area contributed by atoms with E-state index in [4.69, 9.17) is 0 Å². The Morgan fingerprint density at radius 2 is 2.06 bits per heavy atom. The Labute approximate surface area is 105 Å². The van der Waals surface area contributed by atoms with Gasteiger partial charge in [0, 0.05) is 17.3 Å². The lowest BCUT2D eigenvalue weighted by Gasteiger charge is -2.16. The highest BCUT2D eigenvalue weighted by Crippen LogP contribution is 2.17. The molecule has 1 aromatic heterocycles. The number of rotatable bonds is 0. The van der Waals surface area contributed by atoms with E-state index >= 15 is 0 Å². The molecule has 0 aliphatic carbocycles. The van der Waals surface area contributed by atoms with Crippen LogP contribution < -0.4 is 5.56 Å². The van der Waals surface area contributed by atoms with Crippen LogP contribution in [0.25, 0.3) is 10.9 Å². The Hall–Kier alpha value is -1.49. The predicted molar refractivity (Wildman–Crippen MR) is 67.0 cm³/mol. The number of aromatic nitrogens is 2. The number of hydrogen-bond acceptors (Lipinski definition) is 3. The van der Waals surface area contributed by atoms with E-state index in [1.54, 1.807) is 6.07 Å². The number of carbonyl (C=O) groups excluding carboxylic acids is 1. The molecule has 0 N–H and O–H groups in total. The number of carbonyl (C=O) groups is 1. The van der Waals surface area contributed by atoms with Crippen molar-refractivity contribution >= 4 is 32.6 Å². The minimum atomic E-state index is -0.120. The zero-order chi connectivity index (χ0) is 12.0. The van der Waals surface area contributed by atoms with E-state index in [2.05, 4.69) is 20.9 Å². The Bertz CT molecular complexity index is 691. The zero-order valence-corrected chi connectivity index (χ0v) is 10.5. The number of ketones is 1. The van der Waals surface area contributed by atoms with Gasteiger partial charge in [-0.25, -0.2) is 4.98 Å². The maximum atomic E-state index is 12.2. The Morgan fingerprint density at radius 3 is 2.88 bits per heavy atom. The number of nitrogens with zero attached hydrogens (tertiary/aromatic N) is 2. The van der Waals surface area contributed by atoms with Gasteiger partial charge in [0.05, 0.1) is 17.4 Å². The van der Waals surface area contributed by atoms with Crippen LogP contribution in [0.2, 0.25) is 0 Å². The molecule has 1 aliphatic heterocycles. The summed E-state index contributed by atoms with van der Waals surface area (Å²) in [6.07, 6.45) is 1.03. The summed E-state index contributed by atoms with van der Waals surface area (Å²) in [6, 6.07) is 5.37. The fourth-order valence-corrected chi connectivity index (χ4v) is 2.45. The second kappa shape index (κ2) is 3.77. The van der Waals surface area contributed by atoms with Crippen molar-refractivity contribution in [3.8, 4) is 0 Å². The van der Waals surface area contributed by atoms with Crippen molar-refractivity contribution in [2.24, 2.45) is 0 Å². The lowest BCUT2D eigenvalue weighted by molar-refractivity contribution is -0.120. The highest BCUT2D eigenvalue weighted by molar-refractivity contribution is 9.10. The Kier molecular flexibility index (Phi) is 2.36. The molecule has 0 saturated heterocycles. The van der Waals surface area contributed by atoms with Crippen LogP contribution in [0.15, 0.2) is 27.5 Å². The summed E-state index contributed by atoms with van der Waals surface area (Å²) >= 11 is 3.36. The van der Waals surface area contributed by atoms with Crippen molar-refractivity contribution in [3.05, 3.63) is 38.9 Å². The molecule has 0 atom stereocenters. The first kappa shape index (κ1) is 10.7. The van der Waals surface area contributed by atoms with Crippen LogP contribution in [0.4, 0.5) is 0 Å². The molecule has 1 aromatic carbocycles. The molecule has 2 heterocycles. The predicted octanol–water partition coefficient (Wildman–Crippen LogP) is 1.67. The topological polar surface area (TPSA) is 52.0 Å². The smallest absolute Gasteiger partial charge is 0.261 e. The third-order valence-corrected chi connectivity index (χ3v) is 3.45. The largest absolute Gasteiger partial charge is 0.298 e. The first-order valence-corrected chi connectivity index (χ1v) is 6.15. The summed E-state index contributed by atoms with van der Waals surface area (Å²) in [5, 5.41) is 0.562. The second-order valence-electron chi connectivity index (χ2n) is 4.12. The van der Waals surface area contributed by atoms with Crippen molar-refractivity contribution in [1.82, 2.24) is 9.55 Å². The lowest BCUT2D eigenvalue weighted by Crippen LogP contribution is -2.32. The SMILES string of the molecule is O=C1CCc2nc3cc(Br)ccc3c(=O)n2C1. The lowest BCUT2D eigenvalue weighted by atomic mass is 10.1. The fourth-order valence-electron chi connectivity index (χ4n) is 2.10. The van der Waals surface area contributed by atoms with Gasteiger partial charge in [0.15, 0.2) is 5.78 Å². The molecule has 1 aliphatic rings. The zero-order valence-electron chi connectivity index (χ0n) is 8.94. The summed E-state index contributed by atoms with van der Waals surface area (Å²) in [6.45, 7) is 0.160. The van der Waals surface area contributed by atoms with E-state index in [0.29, 0.717) is 29.6 Å². The molecular weight excluding hydrogens is 284 g/mol. The summed E-state index contributed by atoms with van der Waals surface area (Å²) in [5.41, 5.74) is 0.565. The molecule has 0 saturated carbocycles. The summed E-state index contributed by atoms with van der Waals surface area (Å²) < 4.78 is 2.39. The van der Waals surface area contributed by atoms with Crippen molar-refractivity contribution in [2.45, 2.75) is 19.4 Å². The van der Waals surface area contributed by atoms with E-state index in [9.17, 15) is 9.59 Å².